The minimum Gasteiger partial charge on any atom is -0.493 e. The summed E-state index contributed by atoms with van der Waals surface area (Å²) in [5.74, 6) is 2.65. The third-order valence-electron chi connectivity index (χ3n) is 5.69. The van der Waals surface area contributed by atoms with Crippen LogP contribution < -0.4 is 29.7 Å². The fourth-order valence-electron chi connectivity index (χ4n) is 3.96. The minimum absolute atomic E-state index is 0.119. The van der Waals surface area contributed by atoms with Crippen LogP contribution in [0.3, 0.4) is 0 Å². The smallest absolute Gasteiger partial charge is 0.203 e. The molecule has 7 heteroatoms. The number of anilines is 1. The molecule has 1 aliphatic rings. The second-order valence-corrected chi connectivity index (χ2v) is 7.84. The summed E-state index contributed by atoms with van der Waals surface area (Å²) in [4.78, 5) is 6.85. The van der Waals surface area contributed by atoms with E-state index in [1.807, 2.05) is 19.1 Å². The van der Waals surface area contributed by atoms with Gasteiger partial charge in [-0.2, -0.15) is 0 Å². The van der Waals surface area contributed by atoms with Crippen molar-refractivity contribution in [3.8, 4) is 17.2 Å². The third kappa shape index (κ3) is 5.78. The van der Waals surface area contributed by atoms with E-state index in [0.29, 0.717) is 30.4 Å². The molecule has 0 bridgehead atoms. The van der Waals surface area contributed by atoms with Crippen LogP contribution in [-0.2, 0) is 6.54 Å². The summed E-state index contributed by atoms with van der Waals surface area (Å²) >= 11 is 0. The predicted molar refractivity (Wildman–Crippen MR) is 130 cm³/mol. The molecule has 1 heterocycles. The summed E-state index contributed by atoms with van der Waals surface area (Å²) in [5, 5.41) is 6.88. The van der Waals surface area contributed by atoms with Crippen LogP contribution in [0.5, 0.6) is 17.2 Å². The average Bonchev–Trinajstić information content (AvgIpc) is 3.37. The van der Waals surface area contributed by atoms with E-state index in [2.05, 4.69) is 51.7 Å². The standard InChI is InChI=1S/C25H36N4O3/c1-6-32-24-22(30-4)14-19(15-23(24)31-5)17-27-25(26-3)28-18(2)20-10-9-11-21(16-20)29-12-7-8-13-29/h9-11,14-16,18H,6-8,12-13,17H2,1-5H3,(H2,26,27,28). The number of hydrogen-bond donors (Lipinski definition) is 2. The molecule has 0 spiro atoms. The van der Waals surface area contributed by atoms with Gasteiger partial charge in [-0.1, -0.05) is 12.1 Å². The Hall–Kier alpha value is -3.09. The lowest BCUT2D eigenvalue weighted by Gasteiger charge is -2.22. The third-order valence-corrected chi connectivity index (χ3v) is 5.69. The molecule has 2 aromatic rings. The first-order valence-corrected chi connectivity index (χ1v) is 11.3. The molecule has 0 saturated carbocycles. The summed E-state index contributed by atoms with van der Waals surface area (Å²) in [6.07, 6.45) is 2.55. The zero-order valence-corrected chi connectivity index (χ0v) is 19.9. The largest absolute Gasteiger partial charge is 0.493 e. The zero-order valence-electron chi connectivity index (χ0n) is 19.9. The molecule has 1 saturated heterocycles. The minimum atomic E-state index is 0.119. The van der Waals surface area contributed by atoms with Crippen molar-refractivity contribution >= 4 is 11.6 Å². The van der Waals surface area contributed by atoms with Crippen LogP contribution >= 0.6 is 0 Å². The maximum absolute atomic E-state index is 5.69. The Morgan fingerprint density at radius 1 is 1.09 bits per heavy atom. The predicted octanol–water partition coefficient (Wildman–Crippen LogP) is 4.13. The van der Waals surface area contributed by atoms with Gasteiger partial charge in [-0.3, -0.25) is 4.99 Å². The molecule has 1 atom stereocenters. The molecule has 1 aliphatic heterocycles. The lowest BCUT2D eigenvalue weighted by Crippen LogP contribution is -2.38. The number of rotatable bonds is 9. The number of hydrogen-bond acceptors (Lipinski definition) is 5. The number of guanidine groups is 1. The van der Waals surface area contributed by atoms with Crippen LogP contribution in [0, 0.1) is 0 Å². The van der Waals surface area contributed by atoms with E-state index in [1.165, 1.54) is 24.1 Å². The van der Waals surface area contributed by atoms with Gasteiger partial charge in [0.2, 0.25) is 5.75 Å². The maximum atomic E-state index is 5.69. The number of nitrogens with zero attached hydrogens (tertiary/aromatic N) is 2. The fraction of sp³-hybridized carbons (Fsp3) is 0.480. The summed E-state index contributed by atoms with van der Waals surface area (Å²) < 4.78 is 16.7. The van der Waals surface area contributed by atoms with Crippen molar-refractivity contribution in [1.82, 2.24) is 10.6 Å². The van der Waals surface area contributed by atoms with E-state index in [-0.39, 0.29) is 6.04 Å². The Balaban J connectivity index is 1.65. The topological polar surface area (TPSA) is 67.4 Å². The maximum Gasteiger partial charge on any atom is 0.203 e. The van der Waals surface area contributed by atoms with Crippen LogP contribution in [0.25, 0.3) is 0 Å². The van der Waals surface area contributed by atoms with Gasteiger partial charge in [0.15, 0.2) is 17.5 Å². The number of ether oxygens (including phenoxy) is 3. The van der Waals surface area contributed by atoms with E-state index in [4.69, 9.17) is 14.2 Å². The van der Waals surface area contributed by atoms with E-state index in [9.17, 15) is 0 Å². The highest BCUT2D eigenvalue weighted by atomic mass is 16.5. The van der Waals surface area contributed by atoms with Gasteiger partial charge in [0.1, 0.15) is 0 Å². The van der Waals surface area contributed by atoms with Gasteiger partial charge >= 0.3 is 0 Å². The fourth-order valence-corrected chi connectivity index (χ4v) is 3.96. The van der Waals surface area contributed by atoms with Crippen molar-refractivity contribution in [2.45, 2.75) is 39.3 Å². The summed E-state index contributed by atoms with van der Waals surface area (Å²) in [6.45, 7) is 7.48. The molecule has 7 nitrogen and oxygen atoms in total. The summed E-state index contributed by atoms with van der Waals surface area (Å²) in [5.41, 5.74) is 3.54. The van der Waals surface area contributed by atoms with Crippen LogP contribution in [0.4, 0.5) is 5.69 Å². The Bertz CT molecular complexity index is 885. The molecule has 0 amide bonds. The van der Waals surface area contributed by atoms with Crippen molar-refractivity contribution in [2.24, 2.45) is 4.99 Å². The lowest BCUT2D eigenvalue weighted by molar-refractivity contribution is 0.288. The first-order valence-electron chi connectivity index (χ1n) is 11.3. The Morgan fingerprint density at radius 2 is 1.78 bits per heavy atom. The van der Waals surface area contributed by atoms with E-state index < -0.39 is 0 Å². The molecule has 2 aromatic carbocycles. The van der Waals surface area contributed by atoms with Crippen molar-refractivity contribution in [3.05, 3.63) is 47.5 Å². The number of nitrogens with one attached hydrogen (secondary N) is 2. The van der Waals surface area contributed by atoms with Gasteiger partial charge in [0, 0.05) is 32.4 Å². The second-order valence-electron chi connectivity index (χ2n) is 7.84. The normalized spacial score (nSPS) is 14.8. The van der Waals surface area contributed by atoms with Gasteiger partial charge in [0.25, 0.3) is 0 Å². The first kappa shape index (κ1) is 23.6. The Morgan fingerprint density at radius 3 is 2.38 bits per heavy atom. The van der Waals surface area contributed by atoms with Crippen LogP contribution in [0.15, 0.2) is 41.4 Å². The summed E-state index contributed by atoms with van der Waals surface area (Å²) in [7, 11) is 5.04. The number of aliphatic imine (C=N–C) groups is 1. The Kier molecular flexibility index (Phi) is 8.48. The molecule has 0 radical (unpaired) electrons. The molecule has 174 valence electrons. The molecule has 1 fully saturated rings. The van der Waals surface area contributed by atoms with E-state index >= 15 is 0 Å². The Labute approximate surface area is 191 Å². The van der Waals surface area contributed by atoms with Gasteiger partial charge in [0.05, 0.1) is 26.9 Å². The molecule has 1 unspecified atom stereocenters. The molecule has 0 aliphatic carbocycles. The SMILES string of the molecule is CCOc1c(OC)cc(CNC(=NC)NC(C)c2cccc(N3CCCC3)c2)cc1OC. The molecule has 2 N–H and O–H groups in total. The number of benzene rings is 2. The van der Waals surface area contributed by atoms with Crippen LogP contribution in [0.1, 0.15) is 43.9 Å². The average molecular weight is 441 g/mol. The molecule has 0 aromatic heterocycles. The highest BCUT2D eigenvalue weighted by Crippen LogP contribution is 2.38. The molecule has 3 rings (SSSR count). The highest BCUT2D eigenvalue weighted by molar-refractivity contribution is 5.80. The summed E-state index contributed by atoms with van der Waals surface area (Å²) in [6, 6.07) is 12.8. The van der Waals surface area contributed by atoms with Crippen LogP contribution in [0.2, 0.25) is 0 Å². The lowest BCUT2D eigenvalue weighted by atomic mass is 10.1. The van der Waals surface area contributed by atoms with Crippen LogP contribution in [-0.4, -0.2) is 46.9 Å². The quantitative estimate of drug-likeness (QED) is 0.451. The zero-order chi connectivity index (χ0) is 22.9. The van der Waals surface area contributed by atoms with Gasteiger partial charge < -0.3 is 29.7 Å². The molecular weight excluding hydrogens is 404 g/mol. The van der Waals surface area contributed by atoms with Crippen molar-refractivity contribution < 1.29 is 14.2 Å². The van der Waals surface area contributed by atoms with Gasteiger partial charge in [-0.25, -0.2) is 0 Å². The monoisotopic (exact) mass is 440 g/mol. The van der Waals surface area contributed by atoms with E-state index in [0.717, 1.165) is 24.6 Å². The van der Waals surface area contributed by atoms with Gasteiger partial charge in [-0.15, -0.1) is 0 Å². The number of methoxy groups -OCH3 is 2. The second kappa shape index (κ2) is 11.5. The molecule has 32 heavy (non-hydrogen) atoms. The van der Waals surface area contributed by atoms with Crippen molar-refractivity contribution in [1.29, 1.82) is 0 Å². The van der Waals surface area contributed by atoms with Crippen molar-refractivity contribution in [2.75, 3.05) is 45.9 Å². The first-order chi connectivity index (χ1) is 15.6. The molecular formula is C25H36N4O3. The van der Waals surface area contributed by atoms with Gasteiger partial charge in [-0.05, 0) is 62.1 Å². The van der Waals surface area contributed by atoms with Crippen molar-refractivity contribution in [3.63, 3.8) is 0 Å². The highest BCUT2D eigenvalue weighted by Gasteiger charge is 2.16. The van der Waals surface area contributed by atoms with E-state index in [1.54, 1.807) is 21.3 Å².